The van der Waals surface area contributed by atoms with Gasteiger partial charge in [-0.3, -0.25) is 13.9 Å². The third-order valence-electron chi connectivity index (χ3n) is 9.72. The lowest BCUT2D eigenvalue weighted by Gasteiger charge is -2.57. The Morgan fingerprint density at radius 2 is 1.64 bits per heavy atom. The number of anilines is 1. The molecular weight excluding hydrogens is 614 g/mol. The van der Waals surface area contributed by atoms with E-state index in [1.165, 1.54) is 53.3 Å². The van der Waals surface area contributed by atoms with Crippen LogP contribution in [0.2, 0.25) is 0 Å². The summed E-state index contributed by atoms with van der Waals surface area (Å²) in [5, 5.41) is 2.92. The van der Waals surface area contributed by atoms with Crippen molar-refractivity contribution >= 4 is 43.5 Å². The van der Waals surface area contributed by atoms with Crippen LogP contribution in [0.3, 0.4) is 0 Å². The topological polar surface area (TPSA) is 86.8 Å². The predicted octanol–water partition coefficient (Wildman–Crippen LogP) is 6.02. The van der Waals surface area contributed by atoms with Crippen LogP contribution >= 0.6 is 15.9 Å². The highest BCUT2D eigenvalue weighted by Crippen LogP contribution is 2.60. The van der Waals surface area contributed by atoms with Gasteiger partial charge >= 0.3 is 0 Å². The molecule has 0 heterocycles. The molecule has 4 saturated carbocycles. The zero-order valence-electron chi connectivity index (χ0n) is 25.0. The molecule has 0 aliphatic heterocycles. The smallest absolute Gasteiger partial charge is 0.244 e. The van der Waals surface area contributed by atoms with Crippen LogP contribution in [0.25, 0.3) is 0 Å². The maximum Gasteiger partial charge on any atom is 0.244 e. The second kappa shape index (κ2) is 12.7. The first-order valence-electron chi connectivity index (χ1n) is 15.4. The minimum absolute atomic E-state index is 0.184. The van der Waals surface area contributed by atoms with Gasteiger partial charge in [0, 0.05) is 17.6 Å². The number of carbonyl (C=O) groups excluding carboxylic acids is 2. The number of unbranched alkanes of at least 4 members (excludes halogenated alkanes) is 1. The largest absolute Gasteiger partial charge is 0.354 e. The molecule has 4 aliphatic rings. The van der Waals surface area contributed by atoms with Gasteiger partial charge in [-0.25, -0.2) is 8.42 Å². The average molecular weight is 659 g/mol. The summed E-state index contributed by atoms with van der Waals surface area (Å²) in [5.41, 5.74) is 2.83. The van der Waals surface area contributed by atoms with Crippen LogP contribution in [-0.4, -0.2) is 50.5 Å². The second-order valence-electron chi connectivity index (χ2n) is 13.0. The summed E-state index contributed by atoms with van der Waals surface area (Å²) >= 11 is 3.48. The Morgan fingerprint density at radius 3 is 2.19 bits per heavy atom. The fourth-order valence-corrected chi connectivity index (χ4v) is 9.31. The summed E-state index contributed by atoms with van der Waals surface area (Å²) in [7, 11) is -3.77. The quantitative estimate of drug-likeness (QED) is 0.283. The van der Waals surface area contributed by atoms with Crippen molar-refractivity contribution in [1.29, 1.82) is 0 Å². The molecular formula is C33H44BrN3O4S. The van der Waals surface area contributed by atoms with E-state index in [1.54, 1.807) is 6.92 Å². The molecule has 2 aromatic rings. The normalized spacial score (nSPS) is 25.2. The van der Waals surface area contributed by atoms with Crippen molar-refractivity contribution in [2.24, 2.45) is 17.8 Å². The second-order valence-corrected chi connectivity index (χ2v) is 15.8. The minimum atomic E-state index is -3.77. The van der Waals surface area contributed by atoms with Gasteiger partial charge in [-0.05, 0) is 110 Å². The van der Waals surface area contributed by atoms with Crippen LogP contribution in [-0.2, 0) is 31.6 Å². The molecule has 42 heavy (non-hydrogen) atoms. The molecule has 0 spiro atoms. The van der Waals surface area contributed by atoms with Gasteiger partial charge in [0.1, 0.15) is 12.6 Å². The van der Waals surface area contributed by atoms with Gasteiger partial charge in [0.05, 0.1) is 11.9 Å². The fraction of sp³-hybridized carbons (Fsp3) is 0.576. The van der Waals surface area contributed by atoms with Gasteiger partial charge in [0.2, 0.25) is 21.8 Å². The Morgan fingerprint density at radius 1 is 1.02 bits per heavy atom. The highest BCUT2D eigenvalue weighted by atomic mass is 79.9. The Labute approximate surface area is 259 Å². The molecule has 9 heteroatoms. The molecule has 6 rings (SSSR count). The Balaban J connectivity index is 1.37. The van der Waals surface area contributed by atoms with E-state index >= 15 is 0 Å². The third kappa shape index (κ3) is 6.88. The van der Waals surface area contributed by atoms with Crippen LogP contribution in [0.15, 0.2) is 53.0 Å². The van der Waals surface area contributed by atoms with Crippen molar-refractivity contribution in [3.63, 3.8) is 0 Å². The Bertz CT molecular complexity index is 1360. The lowest BCUT2D eigenvalue weighted by atomic mass is 9.48. The average Bonchev–Trinajstić information content (AvgIpc) is 2.93. The molecule has 1 atom stereocenters. The maximum absolute atomic E-state index is 13.9. The lowest BCUT2D eigenvalue weighted by Crippen LogP contribution is -2.51. The van der Waals surface area contributed by atoms with E-state index in [4.69, 9.17) is 0 Å². The maximum atomic E-state index is 13.9. The molecule has 0 aromatic heterocycles. The van der Waals surface area contributed by atoms with Crippen LogP contribution < -0.4 is 9.62 Å². The minimum Gasteiger partial charge on any atom is -0.354 e. The summed E-state index contributed by atoms with van der Waals surface area (Å²) in [5.74, 6) is 1.77. The van der Waals surface area contributed by atoms with E-state index in [1.807, 2.05) is 43.3 Å². The Kier molecular flexibility index (Phi) is 9.38. The van der Waals surface area contributed by atoms with Gasteiger partial charge in [0.15, 0.2) is 0 Å². The van der Waals surface area contributed by atoms with E-state index in [0.29, 0.717) is 12.2 Å². The molecule has 4 fully saturated rings. The van der Waals surface area contributed by atoms with E-state index in [9.17, 15) is 18.0 Å². The molecule has 1 unspecified atom stereocenters. The number of rotatable bonds is 12. The standard InChI is InChI=1S/C33H44BrN3O4S/c1-4-5-13-35-32(39)23(2)36(21-24-7-6-8-29(34)17-24)31(38)22-37(42(3,40)41)30-11-9-28(10-12-30)33-18-25-14-26(19-33)16-27(15-25)20-33/h6-12,17,23,25-27H,4-5,13-16,18-22H2,1-3H3,(H,35,39). The highest BCUT2D eigenvalue weighted by molar-refractivity contribution is 9.10. The van der Waals surface area contributed by atoms with Crippen LogP contribution in [0, 0.1) is 17.8 Å². The summed E-state index contributed by atoms with van der Waals surface area (Å²) in [6, 6.07) is 14.7. The number of nitrogens with one attached hydrogen (secondary N) is 1. The molecule has 4 aliphatic carbocycles. The Hall–Kier alpha value is -2.39. The summed E-state index contributed by atoms with van der Waals surface area (Å²) in [6.07, 6.45) is 10.7. The first-order valence-corrected chi connectivity index (χ1v) is 18.0. The molecule has 0 radical (unpaired) electrons. The number of carbonyl (C=O) groups is 2. The van der Waals surface area contributed by atoms with Crippen molar-refractivity contribution in [1.82, 2.24) is 10.2 Å². The van der Waals surface area contributed by atoms with Crippen LogP contribution in [0.4, 0.5) is 5.69 Å². The van der Waals surface area contributed by atoms with Crippen molar-refractivity contribution in [2.45, 2.75) is 83.2 Å². The number of hydrogen-bond donors (Lipinski definition) is 1. The summed E-state index contributed by atoms with van der Waals surface area (Å²) < 4.78 is 28.1. The van der Waals surface area contributed by atoms with Gasteiger partial charge in [-0.15, -0.1) is 0 Å². The zero-order chi connectivity index (χ0) is 30.1. The summed E-state index contributed by atoms with van der Waals surface area (Å²) in [4.78, 5) is 28.4. The number of nitrogens with zero attached hydrogens (tertiary/aromatic N) is 2. The number of sulfonamides is 1. The van der Waals surface area contributed by atoms with E-state index < -0.39 is 22.0 Å². The van der Waals surface area contributed by atoms with E-state index in [0.717, 1.165) is 46.9 Å². The van der Waals surface area contributed by atoms with Gasteiger partial charge in [-0.2, -0.15) is 0 Å². The molecule has 228 valence electrons. The van der Waals surface area contributed by atoms with Crippen LogP contribution in [0.1, 0.15) is 76.3 Å². The third-order valence-corrected chi connectivity index (χ3v) is 11.4. The van der Waals surface area contributed by atoms with Crippen LogP contribution in [0.5, 0.6) is 0 Å². The first-order chi connectivity index (χ1) is 20.0. The number of hydrogen-bond acceptors (Lipinski definition) is 4. The molecule has 0 saturated heterocycles. The molecule has 7 nitrogen and oxygen atoms in total. The number of halogens is 1. The van der Waals surface area contributed by atoms with Crippen molar-refractivity contribution < 1.29 is 18.0 Å². The first kappa shape index (κ1) is 31.0. The molecule has 4 bridgehead atoms. The molecule has 1 N–H and O–H groups in total. The lowest BCUT2D eigenvalue weighted by molar-refractivity contribution is -0.139. The fourth-order valence-electron chi connectivity index (χ4n) is 8.01. The van der Waals surface area contributed by atoms with E-state index in [-0.39, 0.29) is 24.4 Å². The molecule has 2 aromatic carbocycles. The van der Waals surface area contributed by atoms with Crippen molar-refractivity contribution in [3.8, 4) is 0 Å². The zero-order valence-corrected chi connectivity index (χ0v) is 27.4. The summed E-state index contributed by atoms with van der Waals surface area (Å²) in [6.45, 7) is 4.08. The highest BCUT2D eigenvalue weighted by Gasteiger charge is 2.51. The van der Waals surface area contributed by atoms with Crippen molar-refractivity contribution in [2.75, 3.05) is 23.7 Å². The van der Waals surface area contributed by atoms with Crippen molar-refractivity contribution in [3.05, 3.63) is 64.1 Å². The SMILES string of the molecule is CCCCNC(=O)C(C)N(Cc1cccc(Br)c1)C(=O)CN(c1ccc(C23CC4CC(CC(C4)C2)C3)cc1)S(C)(=O)=O. The van der Waals surface area contributed by atoms with E-state index in [2.05, 4.69) is 33.4 Å². The number of benzene rings is 2. The predicted molar refractivity (Wildman–Crippen MR) is 171 cm³/mol. The van der Waals surface area contributed by atoms with Gasteiger partial charge in [-0.1, -0.05) is 53.5 Å². The monoisotopic (exact) mass is 657 g/mol. The number of amides is 2. The molecule has 2 amide bonds. The van der Waals surface area contributed by atoms with Gasteiger partial charge < -0.3 is 10.2 Å². The van der Waals surface area contributed by atoms with Gasteiger partial charge in [0.25, 0.3) is 0 Å².